The second-order valence-corrected chi connectivity index (χ2v) is 7.59. The minimum atomic E-state index is -3.40. The fourth-order valence-corrected chi connectivity index (χ4v) is 4.34. The Bertz CT molecular complexity index is 706. The first kappa shape index (κ1) is 15.7. The number of aryl methyl sites for hydroxylation is 2. The van der Waals surface area contributed by atoms with Crippen LogP contribution < -0.4 is 10.5 Å². The highest BCUT2D eigenvalue weighted by Gasteiger charge is 2.15. The molecule has 6 nitrogen and oxygen atoms in total. The van der Waals surface area contributed by atoms with Crippen molar-refractivity contribution >= 4 is 33.2 Å². The molecule has 0 aliphatic carbocycles. The second-order valence-electron chi connectivity index (χ2n) is 4.62. The van der Waals surface area contributed by atoms with Crippen LogP contribution in [0.3, 0.4) is 0 Å². The molecule has 2 aromatic rings. The average molecular weight is 326 g/mol. The van der Waals surface area contributed by atoms with Crippen molar-refractivity contribution in [3.05, 3.63) is 35.7 Å². The van der Waals surface area contributed by atoms with Gasteiger partial charge in [-0.15, -0.1) is 11.8 Å². The van der Waals surface area contributed by atoms with E-state index in [4.69, 9.17) is 5.73 Å². The molecule has 0 atom stereocenters. The van der Waals surface area contributed by atoms with E-state index in [9.17, 15) is 8.42 Å². The number of hydrogen-bond donors (Lipinski definition) is 3. The maximum absolute atomic E-state index is 12.1. The first-order chi connectivity index (χ1) is 9.89. The Morgan fingerprint density at radius 2 is 2.05 bits per heavy atom. The van der Waals surface area contributed by atoms with Crippen LogP contribution in [0.4, 0.5) is 11.4 Å². The Labute approximate surface area is 128 Å². The highest BCUT2D eigenvalue weighted by Crippen LogP contribution is 2.25. The van der Waals surface area contributed by atoms with Crippen molar-refractivity contribution in [1.82, 2.24) is 10.2 Å². The fraction of sp³-hybridized carbons (Fsp3) is 0.308. The summed E-state index contributed by atoms with van der Waals surface area (Å²) in [5, 5.41) is 6.72. The first-order valence-electron chi connectivity index (χ1n) is 6.38. The van der Waals surface area contributed by atoms with Crippen molar-refractivity contribution in [3.63, 3.8) is 0 Å². The van der Waals surface area contributed by atoms with Gasteiger partial charge in [-0.05, 0) is 26.0 Å². The number of sulfonamides is 1. The van der Waals surface area contributed by atoms with E-state index in [0.717, 1.165) is 4.90 Å². The maximum atomic E-state index is 12.1. The summed E-state index contributed by atoms with van der Waals surface area (Å²) in [5.74, 6) is 0.440. The Morgan fingerprint density at radius 1 is 1.33 bits per heavy atom. The maximum Gasteiger partial charge on any atom is 0.233 e. The smallest absolute Gasteiger partial charge is 0.233 e. The molecule has 1 aromatic carbocycles. The molecular formula is C13H18N4O2S2. The van der Waals surface area contributed by atoms with Crippen LogP contribution in [0.1, 0.15) is 11.4 Å². The summed E-state index contributed by atoms with van der Waals surface area (Å²) in [6.07, 6.45) is 0. The second kappa shape index (κ2) is 6.40. The van der Waals surface area contributed by atoms with Gasteiger partial charge in [-0.3, -0.25) is 9.82 Å². The first-order valence-corrected chi connectivity index (χ1v) is 9.02. The van der Waals surface area contributed by atoms with Gasteiger partial charge in [0.15, 0.2) is 0 Å². The summed E-state index contributed by atoms with van der Waals surface area (Å²) in [7, 11) is -3.40. The molecule has 0 amide bonds. The van der Waals surface area contributed by atoms with Gasteiger partial charge in [0, 0.05) is 16.3 Å². The van der Waals surface area contributed by atoms with E-state index in [2.05, 4.69) is 14.9 Å². The van der Waals surface area contributed by atoms with Gasteiger partial charge >= 0.3 is 0 Å². The van der Waals surface area contributed by atoms with E-state index >= 15 is 0 Å². The van der Waals surface area contributed by atoms with E-state index in [1.807, 2.05) is 18.2 Å². The zero-order valence-corrected chi connectivity index (χ0v) is 13.5. The lowest BCUT2D eigenvalue weighted by atomic mass is 10.3. The Morgan fingerprint density at radius 3 is 2.67 bits per heavy atom. The summed E-state index contributed by atoms with van der Waals surface area (Å²) in [5.41, 5.74) is 8.35. The van der Waals surface area contributed by atoms with Crippen LogP contribution in [-0.4, -0.2) is 30.1 Å². The molecule has 114 valence electrons. The number of para-hydroxylation sites is 1. The summed E-state index contributed by atoms with van der Waals surface area (Å²) in [6, 6.07) is 7.41. The van der Waals surface area contributed by atoms with Crippen molar-refractivity contribution in [3.8, 4) is 0 Å². The highest BCUT2D eigenvalue weighted by atomic mass is 32.2. The summed E-state index contributed by atoms with van der Waals surface area (Å²) in [4.78, 5) is 0.892. The monoisotopic (exact) mass is 326 g/mol. The number of nitrogens with two attached hydrogens (primary N) is 1. The summed E-state index contributed by atoms with van der Waals surface area (Å²) < 4.78 is 26.7. The molecule has 0 aliphatic rings. The number of rotatable bonds is 6. The lowest BCUT2D eigenvalue weighted by Gasteiger charge is -2.08. The molecular weight excluding hydrogens is 308 g/mol. The third kappa shape index (κ3) is 4.15. The van der Waals surface area contributed by atoms with E-state index in [-0.39, 0.29) is 5.75 Å². The van der Waals surface area contributed by atoms with Crippen LogP contribution in [0.2, 0.25) is 0 Å². The molecule has 2 rings (SSSR count). The third-order valence-corrected chi connectivity index (χ3v) is 5.52. The molecule has 4 N–H and O–H groups in total. The molecule has 1 aromatic heterocycles. The van der Waals surface area contributed by atoms with Crippen molar-refractivity contribution in [1.29, 1.82) is 0 Å². The van der Waals surface area contributed by atoms with E-state index < -0.39 is 10.0 Å². The number of aromatic amines is 1. The van der Waals surface area contributed by atoms with Gasteiger partial charge in [-0.25, -0.2) is 8.42 Å². The van der Waals surface area contributed by atoms with Gasteiger partial charge in [0.1, 0.15) is 0 Å². The highest BCUT2D eigenvalue weighted by molar-refractivity contribution is 8.01. The van der Waals surface area contributed by atoms with Crippen LogP contribution >= 0.6 is 11.8 Å². The normalized spacial score (nSPS) is 11.5. The molecule has 0 radical (unpaired) electrons. The molecule has 0 unspecified atom stereocenters. The number of benzene rings is 1. The topological polar surface area (TPSA) is 101 Å². The number of hydrogen-bond acceptors (Lipinski definition) is 5. The molecule has 0 fully saturated rings. The Hall–Kier alpha value is -1.67. The van der Waals surface area contributed by atoms with Gasteiger partial charge < -0.3 is 5.73 Å². The van der Waals surface area contributed by atoms with E-state index in [0.29, 0.717) is 28.5 Å². The summed E-state index contributed by atoms with van der Waals surface area (Å²) >= 11 is 1.43. The number of nitrogens with zero attached hydrogens (tertiary/aromatic N) is 1. The predicted molar refractivity (Wildman–Crippen MR) is 87.0 cm³/mol. The zero-order valence-electron chi connectivity index (χ0n) is 11.9. The Kier molecular flexibility index (Phi) is 4.79. The fourth-order valence-electron chi connectivity index (χ4n) is 1.78. The molecule has 21 heavy (non-hydrogen) atoms. The minimum Gasteiger partial charge on any atom is -0.398 e. The molecule has 0 bridgehead atoms. The van der Waals surface area contributed by atoms with Crippen molar-refractivity contribution < 1.29 is 8.42 Å². The summed E-state index contributed by atoms with van der Waals surface area (Å²) in [6.45, 7) is 3.53. The SMILES string of the molecule is Cc1n[nH]c(C)c1NS(=O)(=O)CCSc1ccccc1N. The number of nitrogen functional groups attached to an aromatic ring is 1. The van der Waals surface area contributed by atoms with Gasteiger partial charge in [0.25, 0.3) is 0 Å². The number of anilines is 2. The van der Waals surface area contributed by atoms with Crippen molar-refractivity contribution in [2.45, 2.75) is 18.7 Å². The molecule has 0 saturated carbocycles. The van der Waals surface area contributed by atoms with Gasteiger partial charge in [0.2, 0.25) is 10.0 Å². The number of H-pyrrole nitrogens is 1. The van der Waals surface area contributed by atoms with Crippen LogP contribution in [0.15, 0.2) is 29.2 Å². The van der Waals surface area contributed by atoms with Crippen LogP contribution in [0.5, 0.6) is 0 Å². The van der Waals surface area contributed by atoms with Crippen LogP contribution in [0, 0.1) is 13.8 Å². The van der Waals surface area contributed by atoms with Crippen LogP contribution in [-0.2, 0) is 10.0 Å². The van der Waals surface area contributed by atoms with Crippen molar-refractivity contribution in [2.24, 2.45) is 0 Å². The number of thioether (sulfide) groups is 1. The van der Waals surface area contributed by atoms with Crippen LogP contribution in [0.25, 0.3) is 0 Å². The lowest BCUT2D eigenvalue weighted by Crippen LogP contribution is -2.19. The predicted octanol–water partition coefficient (Wildman–Crippen LogP) is 2.14. The van der Waals surface area contributed by atoms with E-state index in [1.54, 1.807) is 19.9 Å². The number of nitrogens with one attached hydrogen (secondary N) is 2. The van der Waals surface area contributed by atoms with Gasteiger partial charge in [-0.2, -0.15) is 5.10 Å². The van der Waals surface area contributed by atoms with E-state index in [1.165, 1.54) is 11.8 Å². The molecule has 8 heteroatoms. The standard InChI is InChI=1S/C13H18N4O2S2/c1-9-13(10(2)16-15-9)17-21(18,19)8-7-20-12-6-4-3-5-11(12)14/h3-6,17H,7-8,14H2,1-2H3,(H,15,16). The third-order valence-electron chi connectivity index (χ3n) is 2.91. The average Bonchev–Trinajstić information content (AvgIpc) is 2.72. The van der Waals surface area contributed by atoms with Crippen molar-refractivity contribution in [2.75, 3.05) is 22.0 Å². The zero-order chi connectivity index (χ0) is 15.5. The Balaban J connectivity index is 1.95. The largest absolute Gasteiger partial charge is 0.398 e. The molecule has 1 heterocycles. The van der Waals surface area contributed by atoms with Gasteiger partial charge in [0.05, 0.1) is 22.8 Å². The minimum absolute atomic E-state index is 0.00998. The molecule has 0 saturated heterocycles. The number of aromatic nitrogens is 2. The molecule has 0 aliphatic heterocycles. The van der Waals surface area contributed by atoms with Gasteiger partial charge in [-0.1, -0.05) is 12.1 Å². The molecule has 0 spiro atoms. The quantitative estimate of drug-likeness (QED) is 0.558. The lowest BCUT2D eigenvalue weighted by molar-refractivity contribution is 0.602.